The van der Waals surface area contributed by atoms with E-state index in [-0.39, 0.29) is 0 Å². The second-order valence-corrected chi connectivity index (χ2v) is 5.85. The molecule has 0 aliphatic heterocycles. The summed E-state index contributed by atoms with van der Waals surface area (Å²) >= 11 is 0. The van der Waals surface area contributed by atoms with Gasteiger partial charge in [-0.15, -0.1) is 5.10 Å². The van der Waals surface area contributed by atoms with Gasteiger partial charge in [0.1, 0.15) is 0 Å². The van der Waals surface area contributed by atoms with Gasteiger partial charge in [-0.1, -0.05) is 42.5 Å². The highest BCUT2D eigenvalue weighted by Gasteiger charge is 2.15. The molecular formula is C16H13N3O4S. The third kappa shape index (κ3) is 3.74. The van der Waals surface area contributed by atoms with Gasteiger partial charge in [-0.05, 0) is 17.5 Å². The molecule has 2 heterocycles. The van der Waals surface area contributed by atoms with E-state index in [0.29, 0.717) is 0 Å². The fourth-order valence-electron chi connectivity index (χ4n) is 2.40. The molecule has 0 fully saturated rings. The Morgan fingerprint density at radius 1 is 1.00 bits per heavy atom. The number of hydrogen-bond donors (Lipinski definition) is 2. The average molecular weight is 343 g/mol. The van der Waals surface area contributed by atoms with Crippen molar-refractivity contribution in [2.24, 2.45) is 0 Å². The van der Waals surface area contributed by atoms with Crippen molar-refractivity contribution in [3.8, 4) is 11.4 Å². The quantitative estimate of drug-likeness (QED) is 0.312. The lowest BCUT2D eigenvalue weighted by Gasteiger charge is -1.97. The molecule has 122 valence electrons. The Balaban J connectivity index is 0.000000300. The van der Waals surface area contributed by atoms with Gasteiger partial charge in [-0.25, -0.2) is 8.42 Å². The molecule has 0 atom stereocenters. The Kier molecular flexibility index (Phi) is 4.26. The Bertz CT molecular complexity index is 1080. The molecule has 0 radical (unpaired) electrons. The van der Waals surface area contributed by atoms with Crippen molar-refractivity contribution in [2.45, 2.75) is 0 Å². The summed E-state index contributed by atoms with van der Waals surface area (Å²) in [5.41, 5.74) is 2.10. The predicted octanol–water partition coefficient (Wildman–Crippen LogP) is 1.97. The topological polar surface area (TPSA) is 110 Å². The van der Waals surface area contributed by atoms with Gasteiger partial charge in [0.2, 0.25) is 10.4 Å². The monoisotopic (exact) mass is 343 g/mol. The molecule has 0 bridgehead atoms. The van der Waals surface area contributed by atoms with Gasteiger partial charge in [-0.3, -0.25) is 4.55 Å². The molecule has 0 saturated heterocycles. The van der Waals surface area contributed by atoms with Crippen molar-refractivity contribution in [1.29, 1.82) is 0 Å². The standard InChI is InChI=1S/C16H11N3.H2O4S/c1-2-6-12(7-3-1)16-18-17-15-10-13-8-4-5-9-14(13)11-19(15)16;1-5(2,3)4/h1-11H;(H2,1,2,3,4). The summed E-state index contributed by atoms with van der Waals surface area (Å²) in [5.74, 6) is 0.932. The smallest absolute Gasteiger partial charge is 0.313 e. The van der Waals surface area contributed by atoms with Gasteiger partial charge in [0.05, 0.1) is 11.8 Å². The maximum atomic E-state index is 8.63. The van der Waals surface area contributed by atoms with E-state index in [9.17, 15) is 0 Å². The SMILES string of the molecule is O=S(=O)([O-])O.c1ccc(-c2n[nH]c3cc4ccccc4c[n+]23)cc1. The highest BCUT2D eigenvalue weighted by Crippen LogP contribution is 2.16. The van der Waals surface area contributed by atoms with Crippen molar-refractivity contribution in [1.82, 2.24) is 10.2 Å². The minimum absolute atomic E-state index is 0.932. The van der Waals surface area contributed by atoms with Crippen LogP contribution < -0.4 is 4.40 Å². The summed E-state index contributed by atoms with van der Waals surface area (Å²) in [6, 6.07) is 20.6. The number of pyridine rings is 1. The number of nitrogens with one attached hydrogen (secondary N) is 1. The minimum atomic E-state index is -4.92. The average Bonchev–Trinajstić information content (AvgIpc) is 2.94. The van der Waals surface area contributed by atoms with Crippen LogP contribution in [0.2, 0.25) is 0 Å². The van der Waals surface area contributed by atoms with Gasteiger partial charge in [0, 0.05) is 16.6 Å². The molecule has 0 spiro atoms. The molecule has 8 heteroatoms. The van der Waals surface area contributed by atoms with Crippen LogP contribution in [0.4, 0.5) is 0 Å². The fraction of sp³-hybridized carbons (Fsp3) is 0. The molecule has 0 aliphatic carbocycles. The Morgan fingerprint density at radius 3 is 2.25 bits per heavy atom. The third-order valence-corrected chi connectivity index (χ3v) is 3.35. The molecular weight excluding hydrogens is 330 g/mol. The van der Waals surface area contributed by atoms with Crippen LogP contribution >= 0.6 is 0 Å². The van der Waals surface area contributed by atoms with E-state index in [1.807, 2.05) is 24.3 Å². The van der Waals surface area contributed by atoms with Crippen LogP contribution in [0.25, 0.3) is 27.8 Å². The molecule has 4 rings (SSSR count). The molecule has 0 unspecified atom stereocenters. The molecule has 0 amide bonds. The van der Waals surface area contributed by atoms with Crippen molar-refractivity contribution in [3.05, 3.63) is 66.9 Å². The Morgan fingerprint density at radius 2 is 1.58 bits per heavy atom. The summed E-state index contributed by atoms with van der Waals surface area (Å²) in [5, 5.41) is 9.94. The normalized spacial score (nSPS) is 11.2. The molecule has 4 aromatic rings. The second-order valence-electron chi connectivity index (χ2n) is 5.00. The number of benzene rings is 2. The van der Waals surface area contributed by atoms with E-state index < -0.39 is 10.4 Å². The van der Waals surface area contributed by atoms with Crippen molar-refractivity contribution >= 4 is 26.8 Å². The fourth-order valence-corrected chi connectivity index (χ4v) is 2.40. The zero-order valence-corrected chi connectivity index (χ0v) is 13.1. The predicted molar refractivity (Wildman–Crippen MR) is 87.0 cm³/mol. The van der Waals surface area contributed by atoms with Crippen molar-refractivity contribution in [2.75, 3.05) is 0 Å². The Labute approximate surface area is 137 Å². The molecule has 0 aliphatic rings. The van der Waals surface area contributed by atoms with Crippen LogP contribution in [-0.4, -0.2) is 27.7 Å². The van der Waals surface area contributed by atoms with E-state index in [4.69, 9.17) is 17.5 Å². The lowest BCUT2D eigenvalue weighted by Crippen LogP contribution is -2.21. The van der Waals surface area contributed by atoms with Gasteiger partial charge in [-0.2, -0.15) is 4.40 Å². The molecule has 0 saturated carbocycles. The summed E-state index contributed by atoms with van der Waals surface area (Å²) in [6.07, 6.45) is 2.12. The van der Waals surface area contributed by atoms with Gasteiger partial charge >= 0.3 is 5.82 Å². The summed E-state index contributed by atoms with van der Waals surface area (Å²) in [6.45, 7) is 0. The summed E-state index contributed by atoms with van der Waals surface area (Å²) < 4.78 is 34.9. The van der Waals surface area contributed by atoms with Crippen LogP contribution in [0.1, 0.15) is 0 Å². The first-order valence-corrected chi connectivity index (χ1v) is 8.30. The first kappa shape index (κ1) is 16.1. The van der Waals surface area contributed by atoms with E-state index in [1.165, 1.54) is 10.8 Å². The number of aromatic amines is 1. The third-order valence-electron chi connectivity index (χ3n) is 3.35. The second kappa shape index (κ2) is 6.36. The lowest BCUT2D eigenvalue weighted by molar-refractivity contribution is -0.497. The number of nitrogens with zero attached hydrogens (tertiary/aromatic N) is 2. The molecule has 2 N–H and O–H groups in total. The maximum absolute atomic E-state index is 8.63. The Hall–Kier alpha value is -2.81. The lowest BCUT2D eigenvalue weighted by atomic mass is 10.1. The number of fused-ring (bicyclic) bond motifs is 2. The van der Waals surface area contributed by atoms with Gasteiger partial charge < -0.3 is 4.55 Å². The van der Waals surface area contributed by atoms with Gasteiger partial charge in [0.25, 0.3) is 5.65 Å². The first-order chi connectivity index (χ1) is 11.4. The number of H-pyrrole nitrogens is 1. The highest BCUT2D eigenvalue weighted by atomic mass is 32.3. The van der Waals surface area contributed by atoms with E-state index >= 15 is 0 Å². The maximum Gasteiger partial charge on any atom is 0.313 e. The molecule has 2 aromatic heterocycles. The minimum Gasteiger partial charge on any atom is -0.726 e. The van der Waals surface area contributed by atoms with Crippen molar-refractivity contribution < 1.29 is 21.9 Å². The van der Waals surface area contributed by atoms with E-state index in [0.717, 1.165) is 17.0 Å². The number of rotatable bonds is 1. The summed E-state index contributed by atoms with van der Waals surface area (Å²) in [4.78, 5) is 0. The van der Waals surface area contributed by atoms with Crippen molar-refractivity contribution in [3.63, 3.8) is 0 Å². The van der Waals surface area contributed by atoms with Crippen LogP contribution in [0.15, 0.2) is 66.9 Å². The zero-order valence-electron chi connectivity index (χ0n) is 12.3. The van der Waals surface area contributed by atoms with E-state index in [2.05, 4.69) is 57.2 Å². The van der Waals surface area contributed by atoms with Crippen LogP contribution in [0.5, 0.6) is 0 Å². The first-order valence-electron chi connectivity index (χ1n) is 6.94. The van der Waals surface area contributed by atoms with Crippen LogP contribution in [-0.2, 0) is 10.4 Å². The van der Waals surface area contributed by atoms with Gasteiger partial charge in [0.15, 0.2) is 0 Å². The van der Waals surface area contributed by atoms with Crippen LogP contribution in [0.3, 0.4) is 0 Å². The number of aromatic nitrogens is 3. The van der Waals surface area contributed by atoms with E-state index in [1.54, 1.807) is 0 Å². The largest absolute Gasteiger partial charge is 0.726 e. The molecule has 2 aromatic carbocycles. The summed E-state index contributed by atoms with van der Waals surface area (Å²) in [7, 11) is -4.92. The molecule has 24 heavy (non-hydrogen) atoms. The van der Waals surface area contributed by atoms with Crippen LogP contribution in [0, 0.1) is 0 Å². The molecule has 7 nitrogen and oxygen atoms in total. The number of hydrogen-bond acceptors (Lipinski definition) is 4. The zero-order chi connectivity index (χ0) is 17.2. The highest BCUT2D eigenvalue weighted by molar-refractivity contribution is 7.79.